The van der Waals surface area contributed by atoms with Crippen molar-refractivity contribution in [3.05, 3.63) is 41.1 Å². The summed E-state index contributed by atoms with van der Waals surface area (Å²) in [6.45, 7) is 4.99. The third-order valence-electron chi connectivity index (χ3n) is 4.39. The molecule has 5 heteroatoms. The summed E-state index contributed by atoms with van der Waals surface area (Å²) >= 11 is 0. The van der Waals surface area contributed by atoms with Crippen LogP contribution in [0.4, 0.5) is 5.88 Å². The van der Waals surface area contributed by atoms with Gasteiger partial charge in [-0.2, -0.15) is 0 Å². The van der Waals surface area contributed by atoms with E-state index in [4.69, 9.17) is 9.26 Å². The maximum atomic E-state index is 12.5. The Bertz CT molecular complexity index is 708. The number of ether oxygens (including phenoxy) is 1. The summed E-state index contributed by atoms with van der Waals surface area (Å²) in [6, 6.07) is 7.22. The van der Waals surface area contributed by atoms with Crippen LogP contribution in [-0.2, 0) is 12.8 Å². The zero-order chi connectivity index (χ0) is 16.9. The van der Waals surface area contributed by atoms with E-state index in [1.165, 1.54) is 0 Å². The molecule has 1 aromatic carbocycles. The second-order valence-corrected chi connectivity index (χ2v) is 6.47. The third-order valence-corrected chi connectivity index (χ3v) is 4.39. The van der Waals surface area contributed by atoms with Crippen molar-refractivity contribution in [3.63, 3.8) is 0 Å². The molecule has 24 heavy (non-hydrogen) atoms. The molecule has 0 bridgehead atoms. The number of fused-ring (bicyclic) bond motifs is 1. The van der Waals surface area contributed by atoms with Gasteiger partial charge in [-0.1, -0.05) is 31.5 Å². The van der Waals surface area contributed by atoms with Crippen molar-refractivity contribution in [1.82, 2.24) is 5.16 Å². The first-order valence-corrected chi connectivity index (χ1v) is 8.69. The number of hydrogen-bond acceptors (Lipinski definition) is 4. The van der Waals surface area contributed by atoms with Crippen LogP contribution >= 0.6 is 0 Å². The first-order chi connectivity index (χ1) is 11.7. The zero-order valence-electron chi connectivity index (χ0n) is 14.3. The van der Waals surface area contributed by atoms with Crippen LogP contribution in [0.1, 0.15) is 54.7 Å². The van der Waals surface area contributed by atoms with Gasteiger partial charge in [-0.3, -0.25) is 10.1 Å². The van der Waals surface area contributed by atoms with E-state index >= 15 is 0 Å². The van der Waals surface area contributed by atoms with Gasteiger partial charge in [0.1, 0.15) is 5.75 Å². The van der Waals surface area contributed by atoms with Crippen LogP contribution in [0.25, 0.3) is 0 Å². The van der Waals surface area contributed by atoms with Crippen LogP contribution in [0.3, 0.4) is 0 Å². The molecule has 0 saturated carbocycles. The van der Waals surface area contributed by atoms with Crippen LogP contribution in [-0.4, -0.2) is 17.7 Å². The molecule has 1 aromatic heterocycles. The Morgan fingerprint density at radius 3 is 3.17 bits per heavy atom. The Hall–Kier alpha value is -2.30. The average molecular weight is 328 g/mol. The molecule has 1 aliphatic rings. The van der Waals surface area contributed by atoms with E-state index < -0.39 is 0 Å². The fourth-order valence-corrected chi connectivity index (χ4v) is 2.92. The summed E-state index contributed by atoms with van der Waals surface area (Å²) in [4.78, 5) is 12.5. The topological polar surface area (TPSA) is 64.4 Å². The van der Waals surface area contributed by atoms with Gasteiger partial charge in [0.05, 0.1) is 12.3 Å². The number of aromatic nitrogens is 1. The molecular formula is C19H24N2O3. The van der Waals surface area contributed by atoms with Gasteiger partial charge in [0.15, 0.2) is 0 Å². The Morgan fingerprint density at radius 1 is 1.46 bits per heavy atom. The Labute approximate surface area is 142 Å². The summed E-state index contributed by atoms with van der Waals surface area (Å²) in [5, 5.41) is 6.95. The van der Waals surface area contributed by atoms with Crippen LogP contribution in [0.2, 0.25) is 0 Å². The van der Waals surface area contributed by atoms with E-state index in [-0.39, 0.29) is 5.91 Å². The van der Waals surface area contributed by atoms with Crippen molar-refractivity contribution >= 4 is 11.8 Å². The minimum absolute atomic E-state index is 0.201. The number of anilines is 1. The van der Waals surface area contributed by atoms with Crippen molar-refractivity contribution in [2.45, 2.75) is 46.0 Å². The highest BCUT2D eigenvalue weighted by atomic mass is 16.5. The molecule has 0 spiro atoms. The molecule has 5 nitrogen and oxygen atoms in total. The predicted octanol–water partition coefficient (Wildman–Crippen LogP) is 4.23. The van der Waals surface area contributed by atoms with Crippen molar-refractivity contribution in [3.8, 4) is 5.75 Å². The second kappa shape index (κ2) is 7.51. The van der Waals surface area contributed by atoms with Crippen LogP contribution in [0.15, 0.2) is 28.8 Å². The number of nitrogens with one attached hydrogen (secondary N) is 1. The van der Waals surface area contributed by atoms with Gasteiger partial charge in [-0.15, -0.1) is 0 Å². The van der Waals surface area contributed by atoms with Gasteiger partial charge in [0.25, 0.3) is 5.91 Å². The fraction of sp³-hybridized carbons (Fsp3) is 0.474. The van der Waals surface area contributed by atoms with Crippen LogP contribution in [0, 0.1) is 5.92 Å². The van der Waals surface area contributed by atoms with Crippen molar-refractivity contribution in [2.24, 2.45) is 5.92 Å². The zero-order valence-corrected chi connectivity index (χ0v) is 14.3. The van der Waals surface area contributed by atoms with Crippen LogP contribution in [0.5, 0.6) is 5.75 Å². The number of carbonyl (C=O) groups is 1. The summed E-state index contributed by atoms with van der Waals surface area (Å²) in [6.07, 6.45) is 5.00. The second-order valence-electron chi connectivity index (χ2n) is 6.47. The lowest BCUT2D eigenvalue weighted by Crippen LogP contribution is -2.15. The van der Waals surface area contributed by atoms with Crippen molar-refractivity contribution in [1.29, 1.82) is 0 Å². The number of benzene rings is 1. The summed E-state index contributed by atoms with van der Waals surface area (Å²) < 4.78 is 11.0. The summed E-state index contributed by atoms with van der Waals surface area (Å²) in [5.74, 6) is 1.58. The number of nitrogens with zero attached hydrogens (tertiary/aromatic N) is 1. The molecule has 1 amide bonds. The highest BCUT2D eigenvalue weighted by Gasteiger charge is 2.24. The van der Waals surface area contributed by atoms with E-state index in [1.807, 2.05) is 12.1 Å². The molecule has 1 unspecified atom stereocenters. The summed E-state index contributed by atoms with van der Waals surface area (Å²) in [5.41, 5.74) is 2.57. The lowest BCUT2D eigenvalue weighted by molar-refractivity contribution is 0.102. The van der Waals surface area contributed by atoms with Gasteiger partial charge >= 0.3 is 0 Å². The quantitative estimate of drug-likeness (QED) is 0.806. The number of hydrogen-bond donors (Lipinski definition) is 1. The van der Waals surface area contributed by atoms with Gasteiger partial charge in [0, 0.05) is 11.1 Å². The monoisotopic (exact) mass is 328 g/mol. The van der Waals surface area contributed by atoms with E-state index in [9.17, 15) is 4.79 Å². The predicted molar refractivity (Wildman–Crippen MR) is 92.5 cm³/mol. The molecule has 0 radical (unpaired) electrons. The maximum absolute atomic E-state index is 12.5. The smallest absolute Gasteiger partial charge is 0.258 e. The number of amides is 1. The Kier molecular flexibility index (Phi) is 5.18. The Balaban J connectivity index is 1.69. The van der Waals surface area contributed by atoms with Gasteiger partial charge in [0.2, 0.25) is 5.88 Å². The number of aryl methyl sites for hydroxylation is 1. The third kappa shape index (κ3) is 3.78. The molecule has 1 aliphatic carbocycles. The minimum Gasteiger partial charge on any atom is -0.494 e. The van der Waals surface area contributed by atoms with E-state index in [1.54, 1.807) is 12.1 Å². The molecule has 128 valence electrons. The fourth-order valence-electron chi connectivity index (χ4n) is 2.92. The molecule has 1 atom stereocenters. The molecule has 0 fully saturated rings. The highest BCUT2D eigenvalue weighted by molar-refractivity contribution is 6.04. The van der Waals surface area contributed by atoms with E-state index in [2.05, 4.69) is 24.3 Å². The first kappa shape index (κ1) is 16.6. The normalized spacial score (nSPS) is 16.5. The molecular weight excluding hydrogens is 304 g/mol. The van der Waals surface area contributed by atoms with Gasteiger partial charge in [-0.25, -0.2) is 0 Å². The lowest BCUT2D eigenvalue weighted by Gasteiger charge is -2.16. The van der Waals surface area contributed by atoms with E-state index in [0.717, 1.165) is 43.4 Å². The minimum atomic E-state index is -0.201. The molecule has 1 N–H and O–H groups in total. The molecule has 3 rings (SSSR count). The molecule has 0 saturated heterocycles. The lowest BCUT2D eigenvalue weighted by atomic mass is 9.89. The standard InChI is InChI=1S/C19H24N2O3/c1-3-4-10-23-15-7-5-6-14(12-15)18(22)20-19-16-11-13(2)8-9-17(16)21-24-19/h5-7,12-13H,3-4,8-11H2,1-2H3,(H,20,22). The Morgan fingerprint density at radius 2 is 2.33 bits per heavy atom. The van der Waals surface area contributed by atoms with Crippen molar-refractivity contribution < 1.29 is 14.1 Å². The van der Waals surface area contributed by atoms with Gasteiger partial charge < -0.3 is 9.26 Å². The SMILES string of the molecule is CCCCOc1cccc(C(=O)Nc2onc3c2CC(C)CC3)c1. The number of unbranched alkanes of at least 4 members (excludes halogenated alkanes) is 1. The largest absolute Gasteiger partial charge is 0.494 e. The van der Waals surface area contributed by atoms with Crippen molar-refractivity contribution in [2.75, 3.05) is 11.9 Å². The van der Waals surface area contributed by atoms with Gasteiger partial charge in [-0.05, 0) is 49.8 Å². The number of rotatable bonds is 6. The highest BCUT2D eigenvalue weighted by Crippen LogP contribution is 2.30. The molecule has 0 aliphatic heterocycles. The average Bonchev–Trinajstić information content (AvgIpc) is 2.97. The maximum Gasteiger partial charge on any atom is 0.258 e. The number of carbonyl (C=O) groups excluding carboxylic acids is 1. The first-order valence-electron chi connectivity index (χ1n) is 8.69. The molecule has 1 heterocycles. The molecule has 2 aromatic rings. The summed E-state index contributed by atoms with van der Waals surface area (Å²) in [7, 11) is 0. The van der Waals surface area contributed by atoms with E-state index in [0.29, 0.717) is 29.7 Å². The van der Waals surface area contributed by atoms with Crippen LogP contribution < -0.4 is 10.1 Å².